The summed E-state index contributed by atoms with van der Waals surface area (Å²) >= 11 is 6.68. The van der Waals surface area contributed by atoms with Crippen LogP contribution in [-0.2, 0) is 15.3 Å². The summed E-state index contributed by atoms with van der Waals surface area (Å²) < 4.78 is 19.1. The molecule has 4 aliphatic rings. The molecule has 5 heterocycles. The van der Waals surface area contributed by atoms with Crippen LogP contribution in [-0.4, -0.2) is 92.3 Å². The zero-order chi connectivity index (χ0) is 34.0. The number of aromatic nitrogens is 1. The minimum atomic E-state index is -1.07. The van der Waals surface area contributed by atoms with Gasteiger partial charge in [-0.3, -0.25) is 4.90 Å². The number of pyridine rings is 1. The standard InChI is InChI=1S/C36H44ClN9O3/c1-5-27(3)46-28(4)44(25-41-46)35-13-9-30(21-38-35)43-18-16-42(17-19-43)29-7-10-31(11-8-29)47-22-32-23-48-36(49-32,24-45-39-14-15-40-45)33-12-6-26(2)20-34(33)37/h6-14,20-21,25,27,32,40H,4-5,15-19,22-24H2,1-3H3. The van der Waals surface area contributed by atoms with Crippen molar-refractivity contribution >= 4 is 41.3 Å². The van der Waals surface area contributed by atoms with E-state index in [1.807, 2.05) is 65.6 Å². The van der Waals surface area contributed by atoms with Gasteiger partial charge in [0, 0.05) is 48.7 Å². The molecular weight excluding hydrogens is 642 g/mol. The molecule has 3 unspecified atom stereocenters. The van der Waals surface area contributed by atoms with Gasteiger partial charge in [0.2, 0.25) is 5.79 Å². The molecule has 0 saturated carbocycles. The SMILES string of the molecule is C=C1N(c2ccc(N3CCN(c4ccc(OCC5COC(CN6N=CCN6)(c6ccc(C)cc6Cl)O5)cc4)CC3)cn2)C=NN1C(C)CC. The van der Waals surface area contributed by atoms with Crippen molar-refractivity contribution in [1.29, 1.82) is 0 Å². The fourth-order valence-corrected chi connectivity index (χ4v) is 6.84. The lowest BCUT2D eigenvalue weighted by Crippen LogP contribution is -2.46. The van der Waals surface area contributed by atoms with Gasteiger partial charge in [0.15, 0.2) is 0 Å². The lowest BCUT2D eigenvalue weighted by atomic mass is 10.0. The molecule has 0 amide bonds. The smallest absolute Gasteiger partial charge is 0.218 e. The van der Waals surface area contributed by atoms with Crippen LogP contribution in [0.1, 0.15) is 31.4 Å². The van der Waals surface area contributed by atoms with Crippen LogP contribution in [0.3, 0.4) is 0 Å². The molecule has 7 rings (SSSR count). The van der Waals surface area contributed by atoms with Gasteiger partial charge in [0.1, 0.15) is 43.0 Å². The molecule has 2 fully saturated rings. The number of nitrogens with zero attached hydrogens (tertiary/aromatic N) is 8. The first-order valence-corrected chi connectivity index (χ1v) is 17.3. The molecule has 0 aliphatic carbocycles. The first-order valence-electron chi connectivity index (χ1n) is 16.9. The number of rotatable bonds is 11. The van der Waals surface area contributed by atoms with E-state index in [1.165, 1.54) is 5.69 Å². The molecule has 2 aromatic carbocycles. The molecule has 1 N–H and O–H groups in total. The van der Waals surface area contributed by atoms with Crippen LogP contribution in [0.5, 0.6) is 5.75 Å². The maximum Gasteiger partial charge on any atom is 0.218 e. The second kappa shape index (κ2) is 14.2. The third-order valence-electron chi connectivity index (χ3n) is 9.44. The van der Waals surface area contributed by atoms with Crippen LogP contribution in [0, 0.1) is 6.92 Å². The third-order valence-corrected chi connectivity index (χ3v) is 9.76. The Hall–Kier alpha value is -4.36. The molecule has 3 aromatic rings. The van der Waals surface area contributed by atoms with Crippen molar-refractivity contribution in [2.75, 3.05) is 67.2 Å². The summed E-state index contributed by atoms with van der Waals surface area (Å²) in [6.45, 7) is 15.9. The number of benzene rings is 2. The van der Waals surface area contributed by atoms with Gasteiger partial charge in [0.25, 0.3) is 0 Å². The fraction of sp³-hybridized carbons (Fsp3) is 0.417. The fourth-order valence-electron chi connectivity index (χ4n) is 6.46. The summed E-state index contributed by atoms with van der Waals surface area (Å²) in [6, 6.07) is 18.6. The molecule has 4 aliphatic heterocycles. The molecule has 12 nitrogen and oxygen atoms in total. The monoisotopic (exact) mass is 685 g/mol. The number of hydrazone groups is 2. The highest BCUT2D eigenvalue weighted by molar-refractivity contribution is 6.31. The molecule has 3 atom stereocenters. The first-order chi connectivity index (χ1) is 23.8. The van der Waals surface area contributed by atoms with Gasteiger partial charge < -0.3 is 24.0 Å². The Bertz CT molecular complexity index is 1680. The van der Waals surface area contributed by atoms with E-state index in [1.54, 1.807) is 11.5 Å². The summed E-state index contributed by atoms with van der Waals surface area (Å²) in [5.74, 6) is 1.37. The highest BCUT2D eigenvalue weighted by Crippen LogP contribution is 2.39. The van der Waals surface area contributed by atoms with E-state index < -0.39 is 5.79 Å². The van der Waals surface area contributed by atoms with E-state index in [2.05, 4.69) is 64.1 Å². The molecule has 0 radical (unpaired) electrons. The molecule has 1 aromatic heterocycles. The summed E-state index contributed by atoms with van der Waals surface area (Å²) in [6.07, 6.45) is 6.26. The maximum atomic E-state index is 6.68. The second-order valence-corrected chi connectivity index (χ2v) is 13.2. The van der Waals surface area contributed by atoms with Gasteiger partial charge in [-0.1, -0.05) is 37.2 Å². The number of halogens is 1. The molecule has 0 bridgehead atoms. The number of piperazine rings is 1. The van der Waals surface area contributed by atoms with Crippen LogP contribution < -0.4 is 24.9 Å². The molecule has 13 heteroatoms. The van der Waals surface area contributed by atoms with Gasteiger partial charge >= 0.3 is 0 Å². The van der Waals surface area contributed by atoms with Gasteiger partial charge in [0.05, 0.1) is 31.1 Å². The Morgan fingerprint density at radius 1 is 1.04 bits per heavy atom. The molecule has 49 heavy (non-hydrogen) atoms. The van der Waals surface area contributed by atoms with Gasteiger partial charge in [-0.05, 0) is 68.3 Å². The third kappa shape index (κ3) is 7.04. The largest absolute Gasteiger partial charge is 0.491 e. The van der Waals surface area contributed by atoms with E-state index in [9.17, 15) is 0 Å². The minimum Gasteiger partial charge on any atom is -0.491 e. The van der Waals surface area contributed by atoms with Gasteiger partial charge in [-0.15, -0.1) is 0 Å². The molecule has 258 valence electrons. The minimum absolute atomic E-state index is 0.276. The number of anilines is 3. The zero-order valence-electron chi connectivity index (χ0n) is 28.3. The number of hydrazine groups is 1. The van der Waals surface area contributed by atoms with Gasteiger partial charge in [-0.2, -0.15) is 10.2 Å². The molecular formula is C36H44ClN9O3. The Morgan fingerprint density at radius 2 is 1.80 bits per heavy atom. The van der Waals surface area contributed by atoms with E-state index in [-0.39, 0.29) is 6.10 Å². The predicted molar refractivity (Wildman–Crippen MR) is 194 cm³/mol. The van der Waals surface area contributed by atoms with Crippen molar-refractivity contribution in [3.63, 3.8) is 0 Å². The van der Waals surface area contributed by atoms with Crippen LogP contribution >= 0.6 is 11.6 Å². The van der Waals surface area contributed by atoms with E-state index in [0.717, 1.165) is 66.8 Å². The Kier molecular flexibility index (Phi) is 9.64. The first kappa shape index (κ1) is 33.2. The average Bonchev–Trinajstić information content (AvgIpc) is 3.88. The zero-order valence-corrected chi connectivity index (χ0v) is 29.1. The summed E-state index contributed by atoms with van der Waals surface area (Å²) in [4.78, 5) is 11.5. The lowest BCUT2D eigenvalue weighted by molar-refractivity contribution is -0.195. The molecule has 2 saturated heterocycles. The van der Waals surface area contributed by atoms with Gasteiger partial charge in [-0.25, -0.2) is 20.5 Å². The Morgan fingerprint density at radius 3 is 2.47 bits per heavy atom. The number of nitrogens with one attached hydrogen (secondary N) is 1. The summed E-state index contributed by atoms with van der Waals surface area (Å²) in [5.41, 5.74) is 7.34. The lowest BCUT2D eigenvalue weighted by Gasteiger charge is -2.37. The van der Waals surface area contributed by atoms with Crippen molar-refractivity contribution in [3.8, 4) is 5.75 Å². The number of hydrogen-bond acceptors (Lipinski definition) is 12. The quantitative estimate of drug-likeness (QED) is 0.292. The Labute approximate surface area is 293 Å². The van der Waals surface area contributed by atoms with Crippen molar-refractivity contribution in [3.05, 3.63) is 89.3 Å². The Balaban J connectivity index is 0.906. The maximum absolute atomic E-state index is 6.68. The highest BCUT2D eigenvalue weighted by atomic mass is 35.5. The van der Waals surface area contributed by atoms with E-state index >= 15 is 0 Å². The predicted octanol–water partition coefficient (Wildman–Crippen LogP) is 5.16. The van der Waals surface area contributed by atoms with Crippen LogP contribution in [0.2, 0.25) is 5.02 Å². The van der Waals surface area contributed by atoms with Crippen LogP contribution in [0.15, 0.2) is 83.4 Å². The molecule has 0 spiro atoms. The van der Waals surface area contributed by atoms with Crippen molar-refractivity contribution in [2.45, 2.75) is 45.1 Å². The summed E-state index contributed by atoms with van der Waals surface area (Å²) in [7, 11) is 0. The van der Waals surface area contributed by atoms with E-state index in [0.29, 0.717) is 37.4 Å². The number of hydrogen-bond donors (Lipinski definition) is 1. The van der Waals surface area contributed by atoms with Crippen molar-refractivity contribution in [1.82, 2.24) is 20.5 Å². The van der Waals surface area contributed by atoms with Crippen molar-refractivity contribution < 1.29 is 14.2 Å². The highest BCUT2D eigenvalue weighted by Gasteiger charge is 2.46. The van der Waals surface area contributed by atoms with Crippen molar-refractivity contribution in [2.24, 2.45) is 10.2 Å². The normalized spacial score (nSPS) is 22.9. The second-order valence-electron chi connectivity index (χ2n) is 12.8. The number of aryl methyl sites for hydroxylation is 1. The van der Waals surface area contributed by atoms with E-state index in [4.69, 9.17) is 30.8 Å². The van der Waals surface area contributed by atoms with Crippen LogP contribution in [0.25, 0.3) is 0 Å². The summed E-state index contributed by atoms with van der Waals surface area (Å²) in [5, 5.41) is 13.2. The number of ether oxygens (including phenoxy) is 3. The average molecular weight is 686 g/mol. The topological polar surface area (TPSA) is 93.5 Å². The van der Waals surface area contributed by atoms with Crippen LogP contribution in [0.4, 0.5) is 17.2 Å².